The van der Waals surface area contributed by atoms with E-state index in [1.165, 1.54) is 33.7 Å². The molecule has 0 atom stereocenters. The molecule has 4 aromatic rings. The molecule has 10 nitrogen and oxygen atoms in total. The SMILES string of the molecule is COc1cc2ncnc(Oc3cccc(NC(=O)Nc4cc(C(F)(F)F)nn4C)c3)c2cc1OC. The Morgan fingerprint density at radius 1 is 1.00 bits per heavy atom. The molecular formula is C22H19F3N6O4. The molecule has 35 heavy (non-hydrogen) atoms. The molecule has 0 bridgehead atoms. The van der Waals surface area contributed by atoms with Crippen molar-refractivity contribution in [2.24, 2.45) is 7.05 Å². The second-order valence-corrected chi connectivity index (χ2v) is 7.15. The molecule has 0 aliphatic carbocycles. The Morgan fingerprint density at radius 2 is 1.74 bits per heavy atom. The van der Waals surface area contributed by atoms with E-state index in [9.17, 15) is 18.0 Å². The number of aromatic nitrogens is 4. The topological polar surface area (TPSA) is 112 Å². The number of urea groups is 1. The summed E-state index contributed by atoms with van der Waals surface area (Å²) in [7, 11) is 4.31. The molecule has 0 unspecified atom stereocenters. The van der Waals surface area contributed by atoms with Gasteiger partial charge in [0.1, 0.15) is 17.9 Å². The van der Waals surface area contributed by atoms with Crippen LogP contribution in [-0.4, -0.2) is 40.0 Å². The molecule has 0 aliphatic heterocycles. The van der Waals surface area contributed by atoms with E-state index >= 15 is 0 Å². The normalized spacial score (nSPS) is 11.3. The fourth-order valence-electron chi connectivity index (χ4n) is 3.19. The molecule has 2 aromatic heterocycles. The molecule has 4 rings (SSSR count). The number of carbonyl (C=O) groups is 1. The molecule has 0 aliphatic rings. The van der Waals surface area contributed by atoms with E-state index in [0.29, 0.717) is 33.8 Å². The largest absolute Gasteiger partial charge is 0.493 e. The minimum absolute atomic E-state index is 0.126. The summed E-state index contributed by atoms with van der Waals surface area (Å²) in [6.07, 6.45) is -3.29. The number of rotatable bonds is 6. The van der Waals surface area contributed by atoms with Gasteiger partial charge in [0.25, 0.3) is 0 Å². The first-order chi connectivity index (χ1) is 16.7. The van der Waals surface area contributed by atoms with Crippen LogP contribution in [0.1, 0.15) is 5.69 Å². The zero-order chi connectivity index (χ0) is 25.2. The monoisotopic (exact) mass is 488 g/mol. The van der Waals surface area contributed by atoms with Gasteiger partial charge in [0.2, 0.25) is 5.88 Å². The predicted molar refractivity (Wildman–Crippen MR) is 120 cm³/mol. The quantitative estimate of drug-likeness (QED) is 0.400. The van der Waals surface area contributed by atoms with Gasteiger partial charge in [0.05, 0.1) is 25.1 Å². The van der Waals surface area contributed by atoms with Gasteiger partial charge in [-0.3, -0.25) is 10.00 Å². The van der Waals surface area contributed by atoms with Gasteiger partial charge in [-0.25, -0.2) is 14.8 Å². The average Bonchev–Trinajstić information content (AvgIpc) is 3.19. The smallest absolute Gasteiger partial charge is 0.435 e. The highest BCUT2D eigenvalue weighted by molar-refractivity contribution is 5.99. The van der Waals surface area contributed by atoms with Crippen LogP contribution in [0.4, 0.5) is 29.5 Å². The lowest BCUT2D eigenvalue weighted by Crippen LogP contribution is -2.21. The van der Waals surface area contributed by atoms with E-state index in [4.69, 9.17) is 14.2 Å². The van der Waals surface area contributed by atoms with Crippen molar-refractivity contribution in [2.75, 3.05) is 24.9 Å². The third-order valence-electron chi connectivity index (χ3n) is 4.82. The summed E-state index contributed by atoms with van der Waals surface area (Å²) in [5, 5.41) is 8.79. The molecule has 2 heterocycles. The molecular weight excluding hydrogens is 469 g/mol. The summed E-state index contributed by atoms with van der Waals surface area (Å²) in [6.45, 7) is 0. The number of benzene rings is 2. The summed E-state index contributed by atoms with van der Waals surface area (Å²) in [6, 6.07) is 9.74. The standard InChI is InChI=1S/C22H19F3N6O4/c1-31-19(10-18(30-31)22(23,24)25)29-21(32)28-12-5-4-6-13(7-12)35-20-14-8-16(33-2)17(34-3)9-15(14)26-11-27-20/h4-11H,1-3H3,(H2,28,29,32). The van der Waals surface area contributed by atoms with Crippen molar-refractivity contribution in [2.45, 2.75) is 6.18 Å². The minimum Gasteiger partial charge on any atom is -0.493 e. The molecule has 0 radical (unpaired) electrons. The summed E-state index contributed by atoms with van der Waals surface area (Å²) in [5.41, 5.74) is -0.219. The van der Waals surface area contributed by atoms with Crippen LogP contribution in [0.5, 0.6) is 23.1 Å². The summed E-state index contributed by atoms with van der Waals surface area (Å²) >= 11 is 0. The number of halogens is 3. The summed E-state index contributed by atoms with van der Waals surface area (Å²) < 4.78 is 55.9. The highest BCUT2D eigenvalue weighted by Gasteiger charge is 2.34. The van der Waals surface area contributed by atoms with E-state index in [-0.39, 0.29) is 11.7 Å². The number of fused-ring (bicyclic) bond motifs is 1. The zero-order valence-corrected chi connectivity index (χ0v) is 18.7. The Morgan fingerprint density at radius 3 is 2.43 bits per heavy atom. The van der Waals surface area contributed by atoms with E-state index in [0.717, 1.165) is 10.7 Å². The van der Waals surface area contributed by atoms with Gasteiger partial charge >= 0.3 is 12.2 Å². The summed E-state index contributed by atoms with van der Waals surface area (Å²) in [4.78, 5) is 20.7. The molecule has 2 aromatic carbocycles. The number of ether oxygens (including phenoxy) is 3. The van der Waals surface area contributed by atoms with Gasteiger partial charge in [-0.2, -0.15) is 18.3 Å². The second-order valence-electron chi connectivity index (χ2n) is 7.15. The van der Waals surface area contributed by atoms with Crippen molar-refractivity contribution in [1.29, 1.82) is 0 Å². The van der Waals surface area contributed by atoms with Crippen molar-refractivity contribution in [1.82, 2.24) is 19.7 Å². The van der Waals surface area contributed by atoms with Gasteiger partial charge in [-0.1, -0.05) is 6.07 Å². The molecule has 2 N–H and O–H groups in total. The van der Waals surface area contributed by atoms with Crippen LogP contribution in [-0.2, 0) is 13.2 Å². The van der Waals surface area contributed by atoms with Gasteiger partial charge in [0, 0.05) is 30.9 Å². The predicted octanol–water partition coefficient (Wildman–Crippen LogP) is 4.84. The van der Waals surface area contributed by atoms with E-state index < -0.39 is 17.9 Å². The Kier molecular flexibility index (Phi) is 6.32. The number of methoxy groups -OCH3 is 2. The Labute approximate surface area is 196 Å². The van der Waals surface area contributed by atoms with E-state index in [1.807, 2.05) is 0 Å². The number of hydrogen-bond acceptors (Lipinski definition) is 7. The van der Waals surface area contributed by atoms with Crippen molar-refractivity contribution in [3.8, 4) is 23.1 Å². The van der Waals surface area contributed by atoms with Crippen molar-refractivity contribution in [3.63, 3.8) is 0 Å². The Balaban J connectivity index is 1.52. The maximum absolute atomic E-state index is 12.8. The molecule has 13 heteroatoms. The lowest BCUT2D eigenvalue weighted by atomic mass is 10.2. The fraction of sp³-hybridized carbons (Fsp3) is 0.182. The van der Waals surface area contributed by atoms with Crippen LogP contribution >= 0.6 is 0 Å². The van der Waals surface area contributed by atoms with Crippen molar-refractivity contribution >= 4 is 28.4 Å². The lowest BCUT2D eigenvalue weighted by Gasteiger charge is -2.12. The van der Waals surface area contributed by atoms with Gasteiger partial charge < -0.3 is 19.5 Å². The highest BCUT2D eigenvalue weighted by atomic mass is 19.4. The van der Waals surface area contributed by atoms with Gasteiger partial charge in [0.15, 0.2) is 17.2 Å². The maximum atomic E-state index is 12.8. The molecule has 0 saturated heterocycles. The summed E-state index contributed by atoms with van der Waals surface area (Å²) in [5.74, 6) is 1.43. The first-order valence-electron chi connectivity index (χ1n) is 10.0. The van der Waals surface area contributed by atoms with Crippen LogP contribution < -0.4 is 24.8 Å². The molecule has 182 valence electrons. The number of carbonyl (C=O) groups excluding carboxylic acids is 1. The van der Waals surface area contributed by atoms with Crippen molar-refractivity contribution in [3.05, 3.63) is 54.5 Å². The number of amides is 2. The number of anilines is 2. The third kappa shape index (κ3) is 5.18. The minimum atomic E-state index is -4.62. The van der Waals surface area contributed by atoms with Crippen molar-refractivity contribution < 1.29 is 32.2 Å². The first-order valence-corrected chi connectivity index (χ1v) is 10.0. The molecule has 0 fully saturated rings. The van der Waals surface area contributed by atoms with Crippen LogP contribution in [0.3, 0.4) is 0 Å². The van der Waals surface area contributed by atoms with Crippen LogP contribution in [0.25, 0.3) is 10.9 Å². The van der Waals surface area contributed by atoms with E-state index in [2.05, 4.69) is 25.7 Å². The molecule has 2 amide bonds. The number of aryl methyl sites for hydroxylation is 1. The average molecular weight is 488 g/mol. The number of nitrogens with zero attached hydrogens (tertiary/aromatic N) is 4. The molecule has 0 saturated carbocycles. The van der Waals surface area contributed by atoms with Gasteiger partial charge in [-0.05, 0) is 18.2 Å². The second kappa shape index (κ2) is 9.37. The highest BCUT2D eigenvalue weighted by Crippen LogP contribution is 2.36. The third-order valence-corrected chi connectivity index (χ3v) is 4.82. The molecule has 0 spiro atoms. The Bertz CT molecular complexity index is 1390. The zero-order valence-electron chi connectivity index (χ0n) is 18.7. The number of hydrogen-bond donors (Lipinski definition) is 2. The fourth-order valence-corrected chi connectivity index (χ4v) is 3.19. The van der Waals surface area contributed by atoms with Crippen LogP contribution in [0.2, 0.25) is 0 Å². The van der Waals surface area contributed by atoms with Crippen LogP contribution in [0, 0.1) is 0 Å². The first kappa shape index (κ1) is 23.6. The number of nitrogens with one attached hydrogen (secondary N) is 2. The lowest BCUT2D eigenvalue weighted by molar-refractivity contribution is -0.141. The van der Waals surface area contributed by atoms with Gasteiger partial charge in [-0.15, -0.1) is 0 Å². The van der Waals surface area contributed by atoms with Crippen LogP contribution in [0.15, 0.2) is 48.8 Å². The maximum Gasteiger partial charge on any atom is 0.435 e. The van der Waals surface area contributed by atoms with E-state index in [1.54, 1.807) is 30.3 Å². The number of alkyl halides is 3. The Hall–Kier alpha value is -4.55.